The lowest BCUT2D eigenvalue weighted by molar-refractivity contribution is 0.0168. The molecule has 0 aliphatic carbocycles. The van der Waals surface area contributed by atoms with Gasteiger partial charge in [0.2, 0.25) is 0 Å². The molecule has 1 aliphatic rings. The third-order valence-corrected chi connectivity index (χ3v) is 5.88. The first-order valence-electron chi connectivity index (χ1n) is 11.0. The molecule has 180 valence electrons. The van der Waals surface area contributed by atoms with Gasteiger partial charge in [-0.1, -0.05) is 6.07 Å². The molecule has 2 aromatic carbocycles. The fourth-order valence-corrected chi connectivity index (χ4v) is 3.95. The highest BCUT2D eigenvalue weighted by Crippen LogP contribution is 2.38. The lowest BCUT2D eigenvalue weighted by Gasteiger charge is -2.35. The fraction of sp³-hybridized carbons (Fsp3) is 0.480. The Labute approximate surface area is 195 Å². The molecule has 0 radical (unpaired) electrons. The molecule has 1 amide bonds. The largest absolute Gasteiger partial charge is 0.493 e. The maximum atomic E-state index is 13.1. The summed E-state index contributed by atoms with van der Waals surface area (Å²) >= 11 is 0. The van der Waals surface area contributed by atoms with Crippen LogP contribution in [0.15, 0.2) is 30.3 Å². The molecule has 1 heterocycles. The van der Waals surface area contributed by atoms with Gasteiger partial charge in [-0.3, -0.25) is 4.79 Å². The molecule has 0 spiro atoms. The molecule has 33 heavy (non-hydrogen) atoms. The van der Waals surface area contributed by atoms with E-state index < -0.39 is 0 Å². The molecule has 1 atom stereocenters. The first-order chi connectivity index (χ1) is 15.9. The molecule has 1 unspecified atom stereocenters. The molecule has 0 fully saturated rings. The predicted octanol–water partition coefficient (Wildman–Crippen LogP) is 3.47. The molecule has 0 saturated heterocycles. The molecule has 0 saturated carbocycles. The summed E-state index contributed by atoms with van der Waals surface area (Å²) < 4.78 is 27.3. The number of hydrogen-bond donors (Lipinski definition) is 0. The summed E-state index contributed by atoms with van der Waals surface area (Å²) in [6.07, 6.45) is 1.39. The second kappa shape index (κ2) is 11.1. The van der Waals surface area contributed by atoms with Gasteiger partial charge in [-0.15, -0.1) is 0 Å². The van der Waals surface area contributed by atoms with Gasteiger partial charge in [0.25, 0.3) is 5.91 Å². The van der Waals surface area contributed by atoms with Crippen LogP contribution in [0.25, 0.3) is 0 Å². The van der Waals surface area contributed by atoms with Gasteiger partial charge >= 0.3 is 0 Å². The normalized spacial score (nSPS) is 15.2. The van der Waals surface area contributed by atoms with Crippen molar-refractivity contribution in [1.82, 2.24) is 9.80 Å². The van der Waals surface area contributed by atoms with Gasteiger partial charge in [0, 0.05) is 25.2 Å². The molecular formula is C25H34N2O6. The summed E-state index contributed by atoms with van der Waals surface area (Å²) in [5.74, 6) is 2.99. The van der Waals surface area contributed by atoms with Crippen molar-refractivity contribution >= 4 is 5.91 Å². The lowest BCUT2D eigenvalue weighted by atomic mass is 10.1. The summed E-state index contributed by atoms with van der Waals surface area (Å²) in [5.41, 5.74) is 1.68. The van der Waals surface area contributed by atoms with Crippen LogP contribution in [0, 0.1) is 0 Å². The first kappa shape index (κ1) is 24.5. The van der Waals surface area contributed by atoms with E-state index in [1.54, 1.807) is 45.5 Å². The van der Waals surface area contributed by atoms with Crippen molar-refractivity contribution in [3.8, 4) is 28.7 Å². The van der Waals surface area contributed by atoms with Crippen LogP contribution in [0.2, 0.25) is 0 Å². The van der Waals surface area contributed by atoms with Crippen molar-refractivity contribution in [2.75, 3.05) is 55.1 Å². The number of hydrogen-bond acceptors (Lipinski definition) is 7. The summed E-state index contributed by atoms with van der Waals surface area (Å²) in [4.78, 5) is 17.1. The maximum absolute atomic E-state index is 13.1. The maximum Gasteiger partial charge on any atom is 0.260 e. The third-order valence-electron chi connectivity index (χ3n) is 5.88. The first-order valence-corrected chi connectivity index (χ1v) is 11.0. The van der Waals surface area contributed by atoms with E-state index in [0.717, 1.165) is 37.4 Å². The Hall–Kier alpha value is -3.13. The van der Waals surface area contributed by atoms with Gasteiger partial charge in [-0.25, -0.2) is 0 Å². The average molecular weight is 459 g/mol. The minimum absolute atomic E-state index is 0.0577. The van der Waals surface area contributed by atoms with Crippen LogP contribution in [0.4, 0.5) is 0 Å². The van der Waals surface area contributed by atoms with Gasteiger partial charge < -0.3 is 33.5 Å². The predicted molar refractivity (Wildman–Crippen MR) is 126 cm³/mol. The number of carbonyl (C=O) groups excluding carboxylic acids is 1. The SMILES string of the molecule is COc1ccc(CCN(C)CCCN2C(=O)c3cc(OC)c(OC)cc3OC2C)cc1OC. The number of fused-ring (bicyclic) bond motifs is 1. The van der Waals surface area contributed by atoms with Crippen LogP contribution in [0.3, 0.4) is 0 Å². The number of likely N-dealkylation sites (N-methyl/N-ethyl adjacent to an activating group) is 1. The van der Waals surface area contributed by atoms with E-state index in [-0.39, 0.29) is 12.1 Å². The number of nitrogens with zero attached hydrogens (tertiary/aromatic N) is 2. The van der Waals surface area contributed by atoms with Gasteiger partial charge in [0.15, 0.2) is 29.2 Å². The van der Waals surface area contributed by atoms with Gasteiger partial charge in [0.1, 0.15) is 5.75 Å². The molecule has 8 nitrogen and oxygen atoms in total. The van der Waals surface area contributed by atoms with Crippen LogP contribution in [0.5, 0.6) is 28.7 Å². The smallest absolute Gasteiger partial charge is 0.260 e. The minimum Gasteiger partial charge on any atom is -0.493 e. The van der Waals surface area contributed by atoms with E-state index in [4.69, 9.17) is 23.7 Å². The summed E-state index contributed by atoms with van der Waals surface area (Å²) in [6.45, 7) is 4.25. The Balaban J connectivity index is 1.53. The molecule has 8 heteroatoms. The standard InChI is InChI=1S/C25H34N2O6/c1-17-27(25(28)19-15-23(31-5)24(32-6)16-21(19)33-17)12-7-11-26(2)13-10-18-8-9-20(29-3)22(14-18)30-4/h8-9,14-17H,7,10-13H2,1-6H3. The summed E-state index contributed by atoms with van der Waals surface area (Å²) in [6, 6.07) is 9.40. The van der Waals surface area contributed by atoms with Crippen molar-refractivity contribution in [1.29, 1.82) is 0 Å². The number of amides is 1. The Kier molecular flexibility index (Phi) is 8.27. The Bertz CT molecular complexity index is 964. The van der Waals surface area contributed by atoms with E-state index in [0.29, 0.717) is 29.4 Å². The van der Waals surface area contributed by atoms with Crippen LogP contribution < -0.4 is 23.7 Å². The van der Waals surface area contributed by atoms with Crippen LogP contribution in [-0.4, -0.2) is 77.1 Å². The topological polar surface area (TPSA) is 69.7 Å². The van der Waals surface area contributed by atoms with Crippen molar-refractivity contribution in [2.45, 2.75) is 26.0 Å². The highest BCUT2D eigenvalue weighted by atomic mass is 16.5. The second-order valence-corrected chi connectivity index (χ2v) is 8.02. The van der Waals surface area contributed by atoms with E-state index in [1.165, 1.54) is 5.56 Å². The molecule has 3 rings (SSSR count). The Morgan fingerprint density at radius 1 is 0.909 bits per heavy atom. The van der Waals surface area contributed by atoms with Crippen molar-refractivity contribution in [3.63, 3.8) is 0 Å². The lowest BCUT2D eigenvalue weighted by Crippen LogP contribution is -2.46. The average Bonchev–Trinajstić information content (AvgIpc) is 2.83. The highest BCUT2D eigenvalue weighted by Gasteiger charge is 2.32. The number of benzene rings is 2. The van der Waals surface area contributed by atoms with E-state index in [9.17, 15) is 4.79 Å². The number of methoxy groups -OCH3 is 4. The number of ether oxygens (including phenoxy) is 5. The number of rotatable bonds is 11. The van der Waals surface area contributed by atoms with Crippen LogP contribution >= 0.6 is 0 Å². The molecular weight excluding hydrogens is 424 g/mol. The highest BCUT2D eigenvalue weighted by molar-refractivity contribution is 5.98. The quantitative estimate of drug-likeness (QED) is 0.511. The van der Waals surface area contributed by atoms with Crippen molar-refractivity contribution in [3.05, 3.63) is 41.5 Å². The van der Waals surface area contributed by atoms with Crippen LogP contribution in [0.1, 0.15) is 29.3 Å². The zero-order valence-corrected chi connectivity index (χ0v) is 20.3. The number of carbonyl (C=O) groups is 1. The van der Waals surface area contributed by atoms with Crippen LogP contribution in [-0.2, 0) is 6.42 Å². The Morgan fingerprint density at radius 2 is 1.55 bits per heavy atom. The third kappa shape index (κ3) is 5.63. The summed E-state index contributed by atoms with van der Waals surface area (Å²) in [5, 5.41) is 0. The van der Waals surface area contributed by atoms with Gasteiger partial charge in [-0.05, 0) is 51.1 Å². The molecule has 0 bridgehead atoms. The van der Waals surface area contributed by atoms with E-state index in [2.05, 4.69) is 18.0 Å². The zero-order chi connectivity index (χ0) is 24.0. The Morgan fingerprint density at radius 3 is 2.21 bits per heavy atom. The fourth-order valence-electron chi connectivity index (χ4n) is 3.95. The van der Waals surface area contributed by atoms with Crippen molar-refractivity contribution < 1.29 is 28.5 Å². The van der Waals surface area contributed by atoms with Gasteiger partial charge in [0.05, 0.1) is 34.0 Å². The minimum atomic E-state index is -0.347. The van der Waals surface area contributed by atoms with E-state index in [1.807, 2.05) is 19.1 Å². The second-order valence-electron chi connectivity index (χ2n) is 8.02. The molecule has 0 aromatic heterocycles. The van der Waals surface area contributed by atoms with Gasteiger partial charge in [-0.2, -0.15) is 0 Å². The zero-order valence-electron chi connectivity index (χ0n) is 20.3. The molecule has 2 aromatic rings. The molecule has 0 N–H and O–H groups in total. The van der Waals surface area contributed by atoms with E-state index >= 15 is 0 Å². The monoisotopic (exact) mass is 458 g/mol. The summed E-state index contributed by atoms with van der Waals surface area (Å²) in [7, 11) is 8.48. The molecule has 1 aliphatic heterocycles. The van der Waals surface area contributed by atoms with Crippen molar-refractivity contribution in [2.24, 2.45) is 0 Å².